The van der Waals surface area contributed by atoms with Gasteiger partial charge in [0.15, 0.2) is 5.84 Å². The number of hydrogen-bond acceptors (Lipinski definition) is 3. The Labute approximate surface area is 175 Å². The van der Waals surface area contributed by atoms with Crippen LogP contribution in [0.1, 0.15) is 18.1 Å². The molecule has 0 aromatic heterocycles. The maximum atomic E-state index is 12.9. The Bertz CT molecular complexity index is 1110. The van der Waals surface area contributed by atoms with Crippen LogP contribution in [0.4, 0.5) is 0 Å². The number of benzene rings is 3. The van der Waals surface area contributed by atoms with Crippen LogP contribution in [0.2, 0.25) is 5.02 Å². The minimum absolute atomic E-state index is 0.0307. The molecule has 0 saturated carbocycles. The first-order valence-corrected chi connectivity index (χ1v) is 10.7. The maximum absolute atomic E-state index is 12.9. The van der Waals surface area contributed by atoms with Gasteiger partial charge in [-0.05, 0) is 43.3 Å². The van der Waals surface area contributed by atoms with Crippen molar-refractivity contribution in [3.63, 3.8) is 0 Å². The van der Waals surface area contributed by atoms with E-state index in [0.29, 0.717) is 23.1 Å². The normalized spacial score (nSPS) is 12.6. The molecule has 0 aliphatic heterocycles. The molecular formula is C22H19ClN2O3S. The second-order valence-electron chi connectivity index (χ2n) is 5.93. The molecule has 0 aliphatic rings. The molecule has 0 amide bonds. The van der Waals surface area contributed by atoms with Crippen molar-refractivity contribution in [1.29, 1.82) is 0 Å². The zero-order valence-electron chi connectivity index (χ0n) is 15.7. The summed E-state index contributed by atoms with van der Waals surface area (Å²) >= 11 is 5.87. The maximum Gasteiger partial charge on any atom is 0.284 e. The number of hydrogen-bond donors (Lipinski definition) is 0. The lowest BCUT2D eigenvalue weighted by molar-refractivity contribution is 0.329. The highest BCUT2D eigenvalue weighted by molar-refractivity contribution is 7.90. The average Bonchev–Trinajstić information content (AvgIpc) is 2.74. The number of rotatable bonds is 5. The van der Waals surface area contributed by atoms with Gasteiger partial charge in [0, 0.05) is 16.1 Å². The highest BCUT2D eigenvalue weighted by Gasteiger charge is 2.17. The van der Waals surface area contributed by atoms with Crippen LogP contribution >= 0.6 is 11.6 Å². The molecule has 0 N–H and O–H groups in total. The van der Waals surface area contributed by atoms with Crippen LogP contribution in [0.25, 0.3) is 0 Å². The fourth-order valence-corrected chi connectivity index (χ4v) is 3.58. The lowest BCUT2D eigenvalue weighted by Crippen LogP contribution is -2.12. The first-order chi connectivity index (χ1) is 14.0. The predicted octanol–water partition coefficient (Wildman–Crippen LogP) is 4.96. The van der Waals surface area contributed by atoms with Gasteiger partial charge in [-0.1, -0.05) is 60.1 Å². The average molecular weight is 427 g/mol. The van der Waals surface area contributed by atoms with Crippen LogP contribution in [0.5, 0.6) is 0 Å². The summed E-state index contributed by atoms with van der Waals surface area (Å²) in [6.07, 6.45) is 0. The summed E-state index contributed by atoms with van der Waals surface area (Å²) in [5.41, 5.74) is 1.28. The molecule has 0 unspecified atom stereocenters. The number of halogens is 1. The van der Waals surface area contributed by atoms with Crippen LogP contribution in [-0.4, -0.2) is 26.8 Å². The molecule has 7 heteroatoms. The molecule has 3 aromatic carbocycles. The van der Waals surface area contributed by atoms with Crippen molar-refractivity contribution in [2.45, 2.75) is 11.8 Å². The highest BCUT2D eigenvalue weighted by Crippen LogP contribution is 2.18. The molecule has 5 nitrogen and oxygen atoms in total. The van der Waals surface area contributed by atoms with Crippen LogP contribution < -0.4 is 0 Å². The minimum Gasteiger partial charge on any atom is -0.477 e. The highest BCUT2D eigenvalue weighted by atomic mass is 35.5. The van der Waals surface area contributed by atoms with E-state index in [1.165, 1.54) is 24.3 Å². The molecule has 3 rings (SSSR count). The van der Waals surface area contributed by atoms with Crippen molar-refractivity contribution in [2.24, 2.45) is 9.39 Å². The van der Waals surface area contributed by atoms with Crippen LogP contribution in [0, 0.1) is 0 Å². The smallest absolute Gasteiger partial charge is 0.284 e. The van der Waals surface area contributed by atoms with Gasteiger partial charge in [0.1, 0.15) is 0 Å². The summed E-state index contributed by atoms with van der Waals surface area (Å²) in [7, 11) is -4.00. The molecule has 0 saturated heterocycles. The molecule has 148 valence electrons. The molecular weight excluding hydrogens is 408 g/mol. The molecule has 0 fully saturated rings. The van der Waals surface area contributed by atoms with E-state index in [9.17, 15) is 8.42 Å². The van der Waals surface area contributed by atoms with Crippen molar-refractivity contribution >= 4 is 33.4 Å². The van der Waals surface area contributed by atoms with Gasteiger partial charge in [0.05, 0.1) is 11.5 Å². The SMILES string of the molecule is CCOC(=N/C(=N\S(=O)(=O)c1ccc(Cl)cc1)c1ccccc1)c1ccccc1. The summed E-state index contributed by atoms with van der Waals surface area (Å²) in [4.78, 5) is 4.50. The monoisotopic (exact) mass is 426 g/mol. The first-order valence-electron chi connectivity index (χ1n) is 8.92. The molecule has 0 bridgehead atoms. The van der Waals surface area contributed by atoms with Gasteiger partial charge >= 0.3 is 0 Å². The van der Waals surface area contributed by atoms with E-state index in [1.54, 1.807) is 24.3 Å². The Hall–Kier alpha value is -2.96. The Kier molecular flexibility index (Phi) is 6.80. The third-order valence-electron chi connectivity index (χ3n) is 3.86. The first kappa shape index (κ1) is 20.8. The van der Waals surface area contributed by atoms with Crippen molar-refractivity contribution in [3.05, 3.63) is 101 Å². The van der Waals surface area contributed by atoms with Gasteiger partial charge in [0.25, 0.3) is 10.0 Å². The standard InChI is InChI=1S/C22H19ClN2O3S/c1-2-28-22(18-11-7-4-8-12-18)24-21(17-9-5-3-6-10-17)25-29(26,27)20-15-13-19(23)14-16-20/h3-16H,2H2,1H3/b24-22?,25-21-. The Balaban J connectivity index is 2.14. The second-order valence-corrected chi connectivity index (χ2v) is 7.97. The molecule has 0 aliphatic carbocycles. The topological polar surface area (TPSA) is 68.1 Å². The van der Waals surface area contributed by atoms with Crippen LogP contribution in [0.3, 0.4) is 0 Å². The molecule has 0 heterocycles. The number of amidine groups is 1. The largest absolute Gasteiger partial charge is 0.477 e. The van der Waals surface area contributed by atoms with Gasteiger partial charge in [-0.25, -0.2) is 0 Å². The summed E-state index contributed by atoms with van der Waals surface area (Å²) in [6, 6.07) is 24.0. The van der Waals surface area contributed by atoms with E-state index in [0.717, 1.165) is 5.56 Å². The van der Waals surface area contributed by atoms with Crippen LogP contribution in [0.15, 0.2) is 99.2 Å². The van der Waals surface area contributed by atoms with E-state index in [4.69, 9.17) is 16.3 Å². The van der Waals surface area contributed by atoms with Gasteiger partial charge < -0.3 is 4.74 Å². The Morgan fingerprint density at radius 1 is 0.862 bits per heavy atom. The van der Waals surface area contributed by atoms with Gasteiger partial charge in [-0.2, -0.15) is 13.4 Å². The van der Waals surface area contributed by atoms with Gasteiger partial charge in [0.2, 0.25) is 5.90 Å². The van der Waals surface area contributed by atoms with Crippen molar-refractivity contribution in [2.75, 3.05) is 6.61 Å². The van der Waals surface area contributed by atoms with Crippen molar-refractivity contribution in [3.8, 4) is 0 Å². The quantitative estimate of drug-likeness (QED) is 0.427. The molecule has 0 atom stereocenters. The zero-order valence-corrected chi connectivity index (χ0v) is 17.3. The van der Waals surface area contributed by atoms with Gasteiger partial charge in [-0.3, -0.25) is 0 Å². The summed E-state index contributed by atoms with van der Waals surface area (Å²) in [5, 5.41) is 0.442. The minimum atomic E-state index is -4.00. The number of aliphatic imine (C=N–C) groups is 1. The lowest BCUT2D eigenvalue weighted by Gasteiger charge is -2.09. The number of sulfonamides is 1. The van der Waals surface area contributed by atoms with E-state index in [2.05, 4.69) is 9.39 Å². The fourth-order valence-electron chi connectivity index (χ4n) is 2.49. The van der Waals surface area contributed by atoms with E-state index < -0.39 is 10.0 Å². The number of nitrogens with zero attached hydrogens (tertiary/aromatic N) is 2. The van der Waals surface area contributed by atoms with Crippen molar-refractivity contribution in [1.82, 2.24) is 0 Å². The summed E-state index contributed by atoms with van der Waals surface area (Å²) < 4.78 is 35.4. The molecule has 3 aromatic rings. The molecule has 0 radical (unpaired) electrons. The molecule has 0 spiro atoms. The summed E-state index contributed by atoms with van der Waals surface area (Å²) in [6.45, 7) is 2.21. The van der Waals surface area contributed by atoms with Gasteiger partial charge in [-0.15, -0.1) is 4.40 Å². The van der Waals surface area contributed by atoms with Crippen LogP contribution in [-0.2, 0) is 14.8 Å². The number of ether oxygens (including phenoxy) is 1. The van der Waals surface area contributed by atoms with E-state index in [-0.39, 0.29) is 10.7 Å². The summed E-state index contributed by atoms with van der Waals surface area (Å²) in [5.74, 6) is 0.329. The van der Waals surface area contributed by atoms with E-state index in [1.807, 2.05) is 43.3 Å². The van der Waals surface area contributed by atoms with E-state index >= 15 is 0 Å². The Morgan fingerprint density at radius 2 is 1.41 bits per heavy atom. The third-order valence-corrected chi connectivity index (χ3v) is 5.39. The zero-order chi connectivity index (χ0) is 20.7. The lowest BCUT2D eigenvalue weighted by atomic mass is 10.2. The second kappa shape index (κ2) is 9.49. The Morgan fingerprint density at radius 3 is 1.97 bits per heavy atom. The third kappa shape index (κ3) is 5.53. The fraction of sp³-hybridized carbons (Fsp3) is 0.0909. The molecule has 29 heavy (non-hydrogen) atoms. The van der Waals surface area contributed by atoms with Crippen molar-refractivity contribution < 1.29 is 13.2 Å². The predicted molar refractivity (Wildman–Crippen MR) is 116 cm³/mol.